The molecule has 1 fully saturated rings. The Morgan fingerprint density at radius 3 is 3.00 bits per heavy atom. The van der Waals surface area contributed by atoms with Gasteiger partial charge in [-0.3, -0.25) is 4.79 Å². The van der Waals surface area contributed by atoms with Crippen molar-refractivity contribution < 1.29 is 14.6 Å². The van der Waals surface area contributed by atoms with Gasteiger partial charge in [0.15, 0.2) is 5.65 Å². The van der Waals surface area contributed by atoms with E-state index in [2.05, 4.69) is 15.0 Å². The molecule has 0 saturated heterocycles. The smallest absolute Gasteiger partial charge is 0.305 e. The van der Waals surface area contributed by atoms with Gasteiger partial charge in [-0.1, -0.05) is 0 Å². The molecule has 3 atom stereocenters. The number of aliphatic hydroxyl groups is 1. The maximum Gasteiger partial charge on any atom is 0.305 e. The van der Waals surface area contributed by atoms with Crippen molar-refractivity contribution in [3.05, 3.63) is 12.5 Å². The van der Waals surface area contributed by atoms with Crippen molar-refractivity contribution in [2.75, 3.05) is 39.6 Å². The fraction of sp³-hybridized carbons (Fsp3) is 0.647. The van der Waals surface area contributed by atoms with E-state index in [9.17, 15) is 9.90 Å². The number of fused-ring (bicyclic) bond motifs is 1. The summed E-state index contributed by atoms with van der Waals surface area (Å²) < 4.78 is 7.33. The van der Waals surface area contributed by atoms with Crippen LogP contribution in [-0.4, -0.2) is 69.3 Å². The van der Waals surface area contributed by atoms with Crippen molar-refractivity contribution in [2.45, 2.75) is 25.3 Å². The Morgan fingerprint density at radius 2 is 2.27 bits per heavy atom. The predicted molar refractivity (Wildman–Crippen MR) is 96.2 cm³/mol. The van der Waals surface area contributed by atoms with E-state index in [0.29, 0.717) is 24.2 Å². The minimum Gasteiger partial charge on any atom is -0.465 e. The second-order valence-electron chi connectivity index (χ2n) is 7.09. The van der Waals surface area contributed by atoms with Crippen LogP contribution < -0.4 is 5.73 Å². The zero-order valence-electron chi connectivity index (χ0n) is 15.2. The Kier molecular flexibility index (Phi) is 5.67. The van der Waals surface area contributed by atoms with Gasteiger partial charge in [-0.25, -0.2) is 9.97 Å². The summed E-state index contributed by atoms with van der Waals surface area (Å²) in [6.07, 6.45) is 5.29. The first-order chi connectivity index (χ1) is 12.5. The van der Waals surface area contributed by atoms with Gasteiger partial charge in [0.2, 0.25) is 5.95 Å². The summed E-state index contributed by atoms with van der Waals surface area (Å²) in [7, 11) is 3.95. The largest absolute Gasteiger partial charge is 0.465 e. The molecule has 9 heteroatoms. The van der Waals surface area contributed by atoms with E-state index in [4.69, 9.17) is 10.5 Å². The number of nitrogen functional groups attached to an aromatic ring is 1. The van der Waals surface area contributed by atoms with Crippen LogP contribution in [0.1, 0.15) is 25.3 Å². The molecule has 0 aromatic carbocycles. The van der Waals surface area contributed by atoms with Gasteiger partial charge in [0.1, 0.15) is 5.52 Å². The van der Waals surface area contributed by atoms with E-state index in [0.717, 1.165) is 19.4 Å². The van der Waals surface area contributed by atoms with Gasteiger partial charge >= 0.3 is 5.97 Å². The summed E-state index contributed by atoms with van der Waals surface area (Å²) in [5.41, 5.74) is 7.01. The first-order valence-corrected chi connectivity index (χ1v) is 8.86. The molecular weight excluding hydrogens is 336 g/mol. The second-order valence-corrected chi connectivity index (χ2v) is 7.09. The highest BCUT2D eigenvalue weighted by Gasteiger charge is 2.43. The number of aromatic nitrogens is 4. The number of nitrogens with zero attached hydrogens (tertiary/aromatic N) is 5. The molecule has 142 valence electrons. The third kappa shape index (κ3) is 3.94. The van der Waals surface area contributed by atoms with Crippen molar-refractivity contribution in [3.8, 4) is 0 Å². The van der Waals surface area contributed by atoms with Gasteiger partial charge in [-0.05, 0) is 33.5 Å². The first-order valence-electron chi connectivity index (χ1n) is 8.86. The van der Waals surface area contributed by atoms with Gasteiger partial charge in [0, 0.05) is 30.9 Å². The van der Waals surface area contributed by atoms with Gasteiger partial charge in [-0.2, -0.15) is 4.98 Å². The Hall–Kier alpha value is -2.26. The van der Waals surface area contributed by atoms with E-state index in [1.165, 1.54) is 0 Å². The lowest BCUT2D eigenvalue weighted by molar-refractivity contribution is -0.148. The van der Waals surface area contributed by atoms with E-state index < -0.39 is 0 Å². The Bertz CT molecular complexity index is 762. The van der Waals surface area contributed by atoms with Crippen molar-refractivity contribution in [1.82, 2.24) is 24.4 Å². The van der Waals surface area contributed by atoms with E-state index in [1.807, 2.05) is 23.6 Å². The Labute approximate surface area is 152 Å². The quantitative estimate of drug-likeness (QED) is 0.650. The van der Waals surface area contributed by atoms with Gasteiger partial charge in [0.25, 0.3) is 0 Å². The van der Waals surface area contributed by atoms with Crippen molar-refractivity contribution in [1.29, 1.82) is 0 Å². The van der Waals surface area contributed by atoms with Crippen molar-refractivity contribution >= 4 is 23.1 Å². The number of hydrogen-bond acceptors (Lipinski definition) is 8. The molecule has 0 bridgehead atoms. The van der Waals surface area contributed by atoms with Crippen LogP contribution in [-0.2, 0) is 9.53 Å². The van der Waals surface area contributed by atoms with Crippen molar-refractivity contribution in [2.24, 2.45) is 11.8 Å². The van der Waals surface area contributed by atoms with Crippen LogP contribution in [0.4, 0.5) is 5.95 Å². The molecule has 3 N–H and O–H groups in total. The molecule has 2 aromatic heterocycles. The molecule has 0 amide bonds. The minimum absolute atomic E-state index is 0.00170. The number of esters is 1. The Balaban J connectivity index is 1.55. The topological polar surface area (TPSA) is 119 Å². The van der Waals surface area contributed by atoms with Gasteiger partial charge < -0.3 is 25.0 Å². The lowest BCUT2D eigenvalue weighted by atomic mass is 9.70. The molecule has 0 aliphatic heterocycles. The number of carbonyl (C=O) groups excluding carboxylic acids is 1. The van der Waals surface area contributed by atoms with E-state index >= 15 is 0 Å². The maximum absolute atomic E-state index is 11.8. The highest BCUT2D eigenvalue weighted by Crippen LogP contribution is 2.44. The normalized spacial score (nSPS) is 22.5. The SMILES string of the molecule is CN(C)CCCC(=O)OCC1CC(n2cnc3cnc(N)nc32)C1CO. The van der Waals surface area contributed by atoms with Crippen molar-refractivity contribution in [3.63, 3.8) is 0 Å². The molecule has 0 radical (unpaired) electrons. The minimum atomic E-state index is -0.180. The van der Waals surface area contributed by atoms with E-state index in [-0.39, 0.29) is 36.4 Å². The molecule has 2 aromatic rings. The van der Waals surface area contributed by atoms with Crippen LogP contribution in [0.25, 0.3) is 11.2 Å². The summed E-state index contributed by atoms with van der Waals surface area (Å²) in [6.45, 7) is 1.22. The zero-order valence-corrected chi connectivity index (χ0v) is 15.2. The summed E-state index contributed by atoms with van der Waals surface area (Å²) in [6, 6.07) is 0.0664. The highest BCUT2D eigenvalue weighted by molar-refractivity contribution is 5.71. The third-order valence-electron chi connectivity index (χ3n) is 4.99. The summed E-state index contributed by atoms with van der Waals surface area (Å²) in [5.74, 6) is 0.153. The van der Waals surface area contributed by atoms with E-state index in [1.54, 1.807) is 12.5 Å². The van der Waals surface area contributed by atoms with Crippen LogP contribution in [0.5, 0.6) is 0 Å². The summed E-state index contributed by atoms with van der Waals surface area (Å²) >= 11 is 0. The predicted octanol–water partition coefficient (Wildman–Crippen LogP) is 0.463. The molecule has 3 unspecified atom stereocenters. The number of ether oxygens (including phenoxy) is 1. The number of carbonyl (C=O) groups is 1. The molecule has 26 heavy (non-hydrogen) atoms. The molecule has 0 spiro atoms. The van der Waals surface area contributed by atoms with Crippen LogP contribution in [0.3, 0.4) is 0 Å². The number of hydrogen-bond donors (Lipinski definition) is 2. The third-order valence-corrected chi connectivity index (χ3v) is 4.99. The average Bonchev–Trinajstić information content (AvgIpc) is 2.96. The molecule has 1 aliphatic carbocycles. The van der Waals surface area contributed by atoms with Crippen LogP contribution >= 0.6 is 0 Å². The van der Waals surface area contributed by atoms with Gasteiger partial charge in [-0.15, -0.1) is 0 Å². The number of aliphatic hydroxyl groups excluding tert-OH is 1. The van der Waals surface area contributed by atoms with Crippen LogP contribution in [0.15, 0.2) is 12.5 Å². The fourth-order valence-corrected chi connectivity index (χ4v) is 3.45. The molecule has 1 saturated carbocycles. The van der Waals surface area contributed by atoms with Crippen LogP contribution in [0.2, 0.25) is 0 Å². The molecule has 3 rings (SSSR count). The number of rotatable bonds is 8. The molecule has 9 nitrogen and oxygen atoms in total. The summed E-state index contributed by atoms with van der Waals surface area (Å²) in [5, 5.41) is 9.78. The fourth-order valence-electron chi connectivity index (χ4n) is 3.45. The molecule has 2 heterocycles. The summed E-state index contributed by atoms with van der Waals surface area (Å²) in [4.78, 5) is 26.4. The molecular formula is C17H26N6O3. The first kappa shape index (κ1) is 18.5. The molecule has 1 aliphatic rings. The number of anilines is 1. The standard InChI is InChI=1S/C17H26N6O3/c1-22(2)5-3-4-15(25)26-9-11-6-14(12(11)8-24)23-10-20-13-7-19-17(18)21-16(13)23/h7,10-12,14,24H,3-6,8-9H2,1-2H3,(H2,18,19,21). The number of imidazole rings is 1. The maximum atomic E-state index is 11.8. The van der Waals surface area contributed by atoms with Crippen LogP contribution in [0, 0.1) is 11.8 Å². The Morgan fingerprint density at radius 1 is 1.46 bits per heavy atom. The lowest BCUT2D eigenvalue weighted by Gasteiger charge is -2.44. The monoisotopic (exact) mass is 362 g/mol. The lowest BCUT2D eigenvalue weighted by Crippen LogP contribution is -2.43. The average molecular weight is 362 g/mol. The second kappa shape index (κ2) is 7.96. The van der Waals surface area contributed by atoms with Gasteiger partial charge in [0.05, 0.1) is 19.1 Å². The number of nitrogens with two attached hydrogens (primary N) is 1. The highest BCUT2D eigenvalue weighted by atomic mass is 16.5. The zero-order chi connectivity index (χ0) is 18.7.